The largest absolute Gasteiger partial charge is 0.316 e. The van der Waals surface area contributed by atoms with E-state index >= 15 is 0 Å². The first-order chi connectivity index (χ1) is 7.74. The molecule has 1 aromatic heterocycles. The zero-order chi connectivity index (χ0) is 11.5. The Hall–Kier alpha value is -0.890. The highest BCUT2D eigenvalue weighted by atomic mass is 14.9. The van der Waals surface area contributed by atoms with E-state index in [1.165, 1.54) is 18.4 Å². The summed E-state index contributed by atoms with van der Waals surface area (Å²) in [5.74, 6) is 2.28. The van der Waals surface area contributed by atoms with Crippen LogP contribution < -0.4 is 5.32 Å². The topological polar surface area (TPSA) is 24.9 Å². The van der Waals surface area contributed by atoms with Crippen molar-refractivity contribution in [3.05, 3.63) is 30.1 Å². The number of nitrogens with one attached hydrogen (secondary N) is 1. The summed E-state index contributed by atoms with van der Waals surface area (Å²) in [6.45, 7) is 4.70. The summed E-state index contributed by atoms with van der Waals surface area (Å²) < 4.78 is 0. The lowest BCUT2D eigenvalue weighted by atomic mass is 9.83. The fourth-order valence-corrected chi connectivity index (χ4v) is 2.76. The van der Waals surface area contributed by atoms with Crippen LogP contribution in [0.25, 0.3) is 0 Å². The van der Waals surface area contributed by atoms with Crippen LogP contribution in [0.5, 0.6) is 0 Å². The molecular weight excluding hydrogens is 196 g/mol. The van der Waals surface area contributed by atoms with E-state index < -0.39 is 0 Å². The van der Waals surface area contributed by atoms with Crippen molar-refractivity contribution in [3.8, 4) is 0 Å². The molecule has 2 heteroatoms. The van der Waals surface area contributed by atoms with Gasteiger partial charge in [0.05, 0.1) is 0 Å². The fraction of sp³-hybridized carbons (Fsp3) is 0.643. The third-order valence-electron chi connectivity index (χ3n) is 4.04. The van der Waals surface area contributed by atoms with Gasteiger partial charge in [0.1, 0.15) is 0 Å². The van der Waals surface area contributed by atoms with Gasteiger partial charge in [0.25, 0.3) is 0 Å². The number of aromatic nitrogens is 1. The predicted octanol–water partition coefficient (Wildman–Crippen LogP) is 2.82. The normalized spacial score (nSPS) is 21.4. The summed E-state index contributed by atoms with van der Waals surface area (Å²) in [5, 5.41) is 3.50. The first kappa shape index (κ1) is 11.6. The van der Waals surface area contributed by atoms with Crippen molar-refractivity contribution in [2.45, 2.75) is 38.6 Å². The minimum absolute atomic E-state index is 0.559. The molecule has 1 heterocycles. The Labute approximate surface area is 98.5 Å². The van der Waals surface area contributed by atoms with Crippen LogP contribution in [0, 0.1) is 11.8 Å². The molecular formula is C14H22N2. The van der Waals surface area contributed by atoms with Gasteiger partial charge in [0, 0.05) is 18.4 Å². The minimum atomic E-state index is 0.559. The van der Waals surface area contributed by atoms with Crippen LogP contribution in [-0.2, 0) is 0 Å². The summed E-state index contributed by atoms with van der Waals surface area (Å²) in [4.78, 5) is 4.08. The second-order valence-corrected chi connectivity index (χ2v) is 5.08. The number of rotatable bonds is 5. The van der Waals surface area contributed by atoms with Crippen LogP contribution in [-0.4, -0.2) is 18.1 Å². The van der Waals surface area contributed by atoms with Crippen LogP contribution >= 0.6 is 0 Å². The van der Waals surface area contributed by atoms with Crippen molar-refractivity contribution in [1.29, 1.82) is 0 Å². The third kappa shape index (κ3) is 2.43. The van der Waals surface area contributed by atoms with Crippen molar-refractivity contribution in [2.24, 2.45) is 11.8 Å². The highest BCUT2D eigenvalue weighted by Crippen LogP contribution is 2.41. The van der Waals surface area contributed by atoms with E-state index in [1.54, 1.807) is 0 Å². The highest BCUT2D eigenvalue weighted by Gasteiger charge is 2.35. The van der Waals surface area contributed by atoms with Gasteiger partial charge >= 0.3 is 0 Å². The molecule has 0 aliphatic heterocycles. The molecule has 3 atom stereocenters. The number of hydrogen-bond donors (Lipinski definition) is 1. The summed E-state index contributed by atoms with van der Waals surface area (Å²) in [5.41, 5.74) is 1.39. The van der Waals surface area contributed by atoms with E-state index in [-0.39, 0.29) is 0 Å². The van der Waals surface area contributed by atoms with E-state index in [4.69, 9.17) is 0 Å². The second-order valence-electron chi connectivity index (χ2n) is 5.08. The molecule has 1 aliphatic rings. The maximum atomic E-state index is 4.08. The molecule has 88 valence electrons. The van der Waals surface area contributed by atoms with Crippen LogP contribution in [0.1, 0.15) is 38.2 Å². The first-order valence-corrected chi connectivity index (χ1v) is 6.31. The number of pyridine rings is 1. The lowest BCUT2D eigenvalue weighted by Crippen LogP contribution is -2.37. The van der Waals surface area contributed by atoms with Crippen LogP contribution in [0.3, 0.4) is 0 Å². The number of likely N-dealkylation sites (N-methyl/N-ethyl adjacent to an activating group) is 1. The molecule has 1 saturated carbocycles. The van der Waals surface area contributed by atoms with Gasteiger partial charge in [-0.15, -0.1) is 0 Å². The molecule has 16 heavy (non-hydrogen) atoms. The van der Waals surface area contributed by atoms with Gasteiger partial charge in [-0.3, -0.25) is 4.98 Å². The Bertz CT molecular complexity index is 319. The van der Waals surface area contributed by atoms with Crippen LogP contribution in [0.2, 0.25) is 0 Å². The van der Waals surface area contributed by atoms with Gasteiger partial charge in [-0.05, 0) is 55.3 Å². The number of hydrogen-bond acceptors (Lipinski definition) is 2. The number of nitrogens with zero attached hydrogens (tertiary/aromatic N) is 1. The zero-order valence-corrected chi connectivity index (χ0v) is 10.5. The molecule has 0 bridgehead atoms. The Kier molecular flexibility index (Phi) is 3.59. The third-order valence-corrected chi connectivity index (χ3v) is 4.04. The lowest BCUT2D eigenvalue weighted by molar-refractivity contribution is 0.321. The molecule has 0 spiro atoms. The van der Waals surface area contributed by atoms with Crippen molar-refractivity contribution in [3.63, 3.8) is 0 Å². The van der Waals surface area contributed by atoms with Crippen molar-refractivity contribution < 1.29 is 0 Å². The molecule has 0 radical (unpaired) electrons. The molecule has 1 fully saturated rings. The van der Waals surface area contributed by atoms with Crippen molar-refractivity contribution in [1.82, 2.24) is 10.3 Å². The zero-order valence-electron chi connectivity index (χ0n) is 10.5. The maximum absolute atomic E-state index is 4.08. The van der Waals surface area contributed by atoms with Crippen molar-refractivity contribution >= 4 is 0 Å². The smallest absolute Gasteiger partial charge is 0.0270 e. The Morgan fingerprint density at radius 1 is 1.25 bits per heavy atom. The average Bonchev–Trinajstić information content (AvgIpc) is 3.14. The fourth-order valence-electron chi connectivity index (χ4n) is 2.76. The summed E-state index contributed by atoms with van der Waals surface area (Å²) in [6.07, 6.45) is 6.62. The van der Waals surface area contributed by atoms with Crippen LogP contribution in [0.15, 0.2) is 24.5 Å². The van der Waals surface area contributed by atoms with E-state index in [1.807, 2.05) is 12.4 Å². The standard InChI is InChI=1S/C14H22N2/c1-10(12-4-5-12)14(15-3)11(2)13-6-8-16-9-7-13/h6-12,14-15H,4-5H2,1-3H3. The molecule has 1 N–H and O–H groups in total. The molecule has 3 unspecified atom stereocenters. The second kappa shape index (κ2) is 4.96. The van der Waals surface area contributed by atoms with Gasteiger partial charge in [0.15, 0.2) is 0 Å². The minimum Gasteiger partial charge on any atom is -0.316 e. The van der Waals surface area contributed by atoms with Gasteiger partial charge in [0.2, 0.25) is 0 Å². The molecule has 0 saturated heterocycles. The Morgan fingerprint density at radius 3 is 2.38 bits per heavy atom. The van der Waals surface area contributed by atoms with E-state index in [0.717, 1.165) is 11.8 Å². The van der Waals surface area contributed by atoms with Gasteiger partial charge < -0.3 is 5.32 Å². The maximum Gasteiger partial charge on any atom is 0.0270 e. The molecule has 1 aromatic rings. The lowest BCUT2D eigenvalue weighted by Gasteiger charge is -2.29. The highest BCUT2D eigenvalue weighted by molar-refractivity contribution is 5.17. The van der Waals surface area contributed by atoms with Gasteiger partial charge in [-0.2, -0.15) is 0 Å². The van der Waals surface area contributed by atoms with Gasteiger partial charge in [-0.25, -0.2) is 0 Å². The average molecular weight is 218 g/mol. The Morgan fingerprint density at radius 2 is 1.88 bits per heavy atom. The molecule has 0 aromatic carbocycles. The van der Waals surface area contributed by atoms with Crippen molar-refractivity contribution in [2.75, 3.05) is 7.05 Å². The van der Waals surface area contributed by atoms with E-state index in [9.17, 15) is 0 Å². The Balaban J connectivity index is 2.08. The van der Waals surface area contributed by atoms with Crippen LogP contribution in [0.4, 0.5) is 0 Å². The molecule has 2 rings (SSSR count). The summed E-state index contributed by atoms with van der Waals surface area (Å²) in [7, 11) is 2.08. The van der Waals surface area contributed by atoms with E-state index in [2.05, 4.69) is 43.3 Å². The molecule has 1 aliphatic carbocycles. The van der Waals surface area contributed by atoms with Gasteiger partial charge in [-0.1, -0.05) is 13.8 Å². The predicted molar refractivity (Wildman–Crippen MR) is 67.4 cm³/mol. The first-order valence-electron chi connectivity index (χ1n) is 6.31. The molecule has 2 nitrogen and oxygen atoms in total. The SMILES string of the molecule is CNC(C(C)c1ccncc1)C(C)C1CC1. The molecule has 0 amide bonds. The monoisotopic (exact) mass is 218 g/mol. The summed E-state index contributed by atoms with van der Waals surface area (Å²) in [6, 6.07) is 4.85. The van der Waals surface area contributed by atoms with E-state index in [0.29, 0.717) is 12.0 Å². The quantitative estimate of drug-likeness (QED) is 0.822. The summed E-state index contributed by atoms with van der Waals surface area (Å²) >= 11 is 0.